The fraction of sp³-hybridized carbons (Fsp3) is 0.600. The predicted molar refractivity (Wildman–Crippen MR) is 72.3 cm³/mol. The summed E-state index contributed by atoms with van der Waals surface area (Å²) in [7, 11) is 2.02. The highest BCUT2D eigenvalue weighted by Crippen LogP contribution is 2.39. The van der Waals surface area contributed by atoms with Crippen molar-refractivity contribution in [2.24, 2.45) is 11.8 Å². The van der Waals surface area contributed by atoms with Gasteiger partial charge in [0, 0.05) is 24.8 Å². The zero-order chi connectivity index (χ0) is 13.4. The molecule has 2 nitrogen and oxygen atoms in total. The molecule has 100 valence electrons. The Morgan fingerprint density at radius 2 is 2.11 bits per heavy atom. The van der Waals surface area contributed by atoms with E-state index in [9.17, 15) is 9.50 Å². The summed E-state index contributed by atoms with van der Waals surface area (Å²) in [6.45, 7) is 6.68. The van der Waals surface area contributed by atoms with Gasteiger partial charge in [0.05, 0.1) is 6.10 Å². The third-order valence-corrected chi connectivity index (χ3v) is 3.95. The predicted octanol–water partition coefficient (Wildman–Crippen LogP) is 3.28. The molecule has 0 heterocycles. The Hall–Kier alpha value is -1.09. The smallest absolute Gasteiger partial charge is 0.126 e. The van der Waals surface area contributed by atoms with Crippen LogP contribution in [0.5, 0.6) is 0 Å². The van der Waals surface area contributed by atoms with Crippen molar-refractivity contribution in [3.8, 4) is 0 Å². The molecule has 1 aromatic rings. The number of rotatable bonds is 4. The molecule has 0 saturated heterocycles. The molecule has 0 radical (unpaired) electrons. The Labute approximate surface area is 108 Å². The second kappa shape index (κ2) is 4.88. The third-order valence-electron chi connectivity index (χ3n) is 3.95. The van der Waals surface area contributed by atoms with Gasteiger partial charge in [0.2, 0.25) is 0 Å². The van der Waals surface area contributed by atoms with Crippen molar-refractivity contribution >= 4 is 5.69 Å². The molecule has 2 rings (SSSR count). The molecule has 2 unspecified atom stereocenters. The first-order valence-electron chi connectivity index (χ1n) is 6.59. The first-order chi connectivity index (χ1) is 8.40. The Morgan fingerprint density at radius 1 is 1.50 bits per heavy atom. The lowest BCUT2D eigenvalue weighted by Crippen LogP contribution is -2.22. The summed E-state index contributed by atoms with van der Waals surface area (Å²) in [5.41, 5.74) is 2.25. The maximum atomic E-state index is 13.6. The van der Waals surface area contributed by atoms with Crippen molar-refractivity contribution in [1.82, 2.24) is 0 Å². The highest BCUT2D eigenvalue weighted by Gasteiger charge is 2.33. The number of benzene rings is 1. The molecule has 0 amide bonds. The largest absolute Gasteiger partial charge is 0.389 e. The van der Waals surface area contributed by atoms with Gasteiger partial charge in [-0.3, -0.25) is 0 Å². The maximum absolute atomic E-state index is 13.6. The molecule has 1 aliphatic carbocycles. The van der Waals surface area contributed by atoms with E-state index in [1.807, 2.05) is 13.1 Å². The van der Waals surface area contributed by atoms with Crippen LogP contribution in [0.25, 0.3) is 0 Å². The van der Waals surface area contributed by atoms with Crippen LogP contribution in [-0.4, -0.2) is 18.7 Å². The number of halogens is 1. The van der Waals surface area contributed by atoms with Gasteiger partial charge in [-0.25, -0.2) is 4.39 Å². The summed E-state index contributed by atoms with van der Waals surface area (Å²) in [4.78, 5) is 2.14. The van der Waals surface area contributed by atoms with Crippen LogP contribution in [0.4, 0.5) is 10.1 Å². The number of aliphatic hydroxyl groups excluding tert-OH is 1. The third kappa shape index (κ3) is 2.66. The lowest BCUT2D eigenvalue weighted by molar-refractivity contribution is 0.199. The topological polar surface area (TPSA) is 23.5 Å². The minimum absolute atomic E-state index is 0.247. The average molecular weight is 251 g/mol. The summed E-state index contributed by atoms with van der Waals surface area (Å²) in [5, 5.41) is 9.78. The van der Waals surface area contributed by atoms with Gasteiger partial charge in [0.1, 0.15) is 5.82 Å². The second-order valence-corrected chi connectivity index (χ2v) is 5.69. The fourth-order valence-electron chi connectivity index (χ4n) is 2.45. The SMILES string of the molecule is Cc1cc(N(C)CC2CC2C)c([C@H](C)O)cc1F. The molecule has 1 aromatic carbocycles. The summed E-state index contributed by atoms with van der Waals surface area (Å²) in [6.07, 6.45) is 0.628. The quantitative estimate of drug-likeness (QED) is 0.887. The molecule has 18 heavy (non-hydrogen) atoms. The van der Waals surface area contributed by atoms with Crippen LogP contribution in [0.15, 0.2) is 12.1 Å². The van der Waals surface area contributed by atoms with Gasteiger partial charge in [-0.2, -0.15) is 0 Å². The van der Waals surface area contributed by atoms with Crippen LogP contribution in [-0.2, 0) is 0 Å². The Kier molecular flexibility index (Phi) is 3.62. The molecular weight excluding hydrogens is 229 g/mol. The van der Waals surface area contributed by atoms with Gasteiger partial charge in [-0.15, -0.1) is 0 Å². The van der Waals surface area contributed by atoms with Crippen LogP contribution >= 0.6 is 0 Å². The van der Waals surface area contributed by atoms with Crippen molar-refractivity contribution in [2.75, 3.05) is 18.5 Å². The van der Waals surface area contributed by atoms with Gasteiger partial charge < -0.3 is 10.0 Å². The van der Waals surface area contributed by atoms with Crippen molar-refractivity contribution in [3.05, 3.63) is 29.1 Å². The minimum Gasteiger partial charge on any atom is -0.389 e. The number of aliphatic hydroxyl groups is 1. The average Bonchev–Trinajstić information content (AvgIpc) is 2.97. The first-order valence-corrected chi connectivity index (χ1v) is 6.59. The summed E-state index contributed by atoms with van der Waals surface area (Å²) in [5.74, 6) is 1.29. The monoisotopic (exact) mass is 251 g/mol. The Bertz CT molecular complexity index is 444. The van der Waals surface area contributed by atoms with E-state index in [-0.39, 0.29) is 5.82 Å². The van der Waals surface area contributed by atoms with E-state index in [4.69, 9.17) is 0 Å². The first kappa shape index (κ1) is 13.3. The number of hydrogen-bond acceptors (Lipinski definition) is 2. The maximum Gasteiger partial charge on any atom is 0.126 e. The van der Waals surface area contributed by atoms with E-state index in [1.54, 1.807) is 13.8 Å². The van der Waals surface area contributed by atoms with Crippen LogP contribution in [0.1, 0.15) is 37.5 Å². The fourth-order valence-corrected chi connectivity index (χ4v) is 2.45. The van der Waals surface area contributed by atoms with Crippen LogP contribution in [0.2, 0.25) is 0 Å². The van der Waals surface area contributed by atoms with Crippen LogP contribution < -0.4 is 4.90 Å². The molecule has 0 bridgehead atoms. The van der Waals surface area contributed by atoms with E-state index in [1.165, 1.54) is 12.5 Å². The Balaban J connectivity index is 2.26. The van der Waals surface area contributed by atoms with Gasteiger partial charge in [0.15, 0.2) is 0 Å². The summed E-state index contributed by atoms with van der Waals surface area (Å²) in [6, 6.07) is 3.30. The van der Waals surface area contributed by atoms with Crippen molar-refractivity contribution in [3.63, 3.8) is 0 Å². The van der Waals surface area contributed by atoms with Crippen LogP contribution in [0, 0.1) is 24.6 Å². The zero-order valence-corrected chi connectivity index (χ0v) is 11.6. The highest BCUT2D eigenvalue weighted by atomic mass is 19.1. The number of hydrogen-bond donors (Lipinski definition) is 1. The molecular formula is C15H22FNO. The van der Waals surface area contributed by atoms with E-state index < -0.39 is 6.10 Å². The lowest BCUT2D eigenvalue weighted by Gasteiger charge is -2.24. The van der Waals surface area contributed by atoms with Crippen molar-refractivity contribution in [2.45, 2.75) is 33.3 Å². The van der Waals surface area contributed by atoms with Crippen molar-refractivity contribution in [1.29, 1.82) is 0 Å². The zero-order valence-electron chi connectivity index (χ0n) is 11.6. The van der Waals surface area contributed by atoms with Crippen molar-refractivity contribution < 1.29 is 9.50 Å². The molecule has 0 aromatic heterocycles. The molecule has 1 fully saturated rings. The molecule has 1 N–H and O–H groups in total. The normalized spacial score (nSPS) is 23.9. The molecule has 0 aliphatic heterocycles. The van der Waals surface area contributed by atoms with Gasteiger partial charge in [-0.1, -0.05) is 6.92 Å². The van der Waals surface area contributed by atoms with Gasteiger partial charge >= 0.3 is 0 Å². The van der Waals surface area contributed by atoms with E-state index in [2.05, 4.69) is 11.8 Å². The Morgan fingerprint density at radius 3 is 2.61 bits per heavy atom. The van der Waals surface area contributed by atoms with E-state index >= 15 is 0 Å². The highest BCUT2D eigenvalue weighted by molar-refractivity contribution is 5.56. The molecule has 3 atom stereocenters. The van der Waals surface area contributed by atoms with E-state index in [0.29, 0.717) is 11.1 Å². The minimum atomic E-state index is -0.644. The number of nitrogens with zero attached hydrogens (tertiary/aromatic N) is 1. The lowest BCUT2D eigenvalue weighted by atomic mass is 10.0. The number of anilines is 1. The molecule has 0 spiro atoms. The van der Waals surface area contributed by atoms with Gasteiger partial charge in [0.25, 0.3) is 0 Å². The second-order valence-electron chi connectivity index (χ2n) is 5.69. The standard InChI is InChI=1S/C15H22FNO/c1-9-5-12(9)8-17(4)15-6-10(2)14(16)7-13(15)11(3)18/h6-7,9,11-12,18H,5,8H2,1-4H3/t9?,11-,12?/m0/s1. The molecule has 1 saturated carbocycles. The van der Waals surface area contributed by atoms with E-state index in [0.717, 1.165) is 24.1 Å². The van der Waals surface area contributed by atoms with Gasteiger partial charge in [-0.05, 0) is 49.8 Å². The summed E-state index contributed by atoms with van der Waals surface area (Å²) < 4.78 is 13.6. The van der Waals surface area contributed by atoms with Crippen LogP contribution in [0.3, 0.4) is 0 Å². The molecule has 1 aliphatic rings. The summed E-state index contributed by atoms with van der Waals surface area (Å²) >= 11 is 0. The molecule has 3 heteroatoms. The number of aryl methyl sites for hydroxylation is 1.